The van der Waals surface area contributed by atoms with Gasteiger partial charge < -0.3 is 5.73 Å². The van der Waals surface area contributed by atoms with Gasteiger partial charge in [0, 0.05) is 23.2 Å². The number of aromatic nitrogens is 2. The number of nitrogens with one attached hydrogen (secondary N) is 1. The Balaban J connectivity index is 2.67. The molecule has 0 spiro atoms. The third kappa shape index (κ3) is 2.35. The molecule has 0 aliphatic carbocycles. The maximum absolute atomic E-state index is 13.6. The van der Waals surface area contributed by atoms with Gasteiger partial charge in [0.05, 0.1) is 5.69 Å². The van der Waals surface area contributed by atoms with Gasteiger partial charge in [0.25, 0.3) is 5.56 Å². The fourth-order valence-electron chi connectivity index (χ4n) is 1.51. The number of H-pyrrole nitrogens is 1. The summed E-state index contributed by atoms with van der Waals surface area (Å²) in [4.78, 5) is 11.1. The van der Waals surface area contributed by atoms with Gasteiger partial charge in [-0.15, -0.1) is 0 Å². The Morgan fingerprint density at radius 3 is 2.88 bits per heavy atom. The summed E-state index contributed by atoms with van der Waals surface area (Å²) in [6, 6.07) is 5.41. The van der Waals surface area contributed by atoms with Crippen molar-refractivity contribution >= 4 is 11.6 Å². The first-order valence-corrected chi connectivity index (χ1v) is 5.23. The Labute approximate surface area is 101 Å². The van der Waals surface area contributed by atoms with Gasteiger partial charge in [-0.1, -0.05) is 11.6 Å². The number of nitrogens with two attached hydrogens (primary N) is 1. The minimum atomic E-state index is -0.469. The van der Waals surface area contributed by atoms with Crippen LogP contribution in [-0.4, -0.2) is 10.2 Å². The molecule has 0 aliphatic heterocycles. The normalized spacial score (nSPS) is 10.5. The first-order valence-electron chi connectivity index (χ1n) is 4.86. The van der Waals surface area contributed by atoms with Crippen molar-refractivity contribution in [2.45, 2.75) is 6.54 Å². The zero-order valence-electron chi connectivity index (χ0n) is 8.71. The minimum absolute atomic E-state index is 0.0954. The molecule has 4 nitrogen and oxygen atoms in total. The lowest BCUT2D eigenvalue weighted by Crippen LogP contribution is -2.13. The van der Waals surface area contributed by atoms with Crippen LogP contribution in [0.2, 0.25) is 5.02 Å². The van der Waals surface area contributed by atoms with Crippen molar-refractivity contribution in [3.63, 3.8) is 0 Å². The highest BCUT2D eigenvalue weighted by Crippen LogP contribution is 2.25. The number of hydrogen-bond donors (Lipinski definition) is 2. The number of aromatic amines is 1. The van der Waals surface area contributed by atoms with Crippen molar-refractivity contribution in [1.29, 1.82) is 0 Å². The van der Waals surface area contributed by atoms with Crippen LogP contribution in [0, 0.1) is 5.82 Å². The van der Waals surface area contributed by atoms with E-state index in [4.69, 9.17) is 17.3 Å². The molecule has 2 rings (SSSR count). The van der Waals surface area contributed by atoms with Crippen LogP contribution < -0.4 is 11.3 Å². The van der Waals surface area contributed by atoms with Gasteiger partial charge in [0.1, 0.15) is 5.82 Å². The fourth-order valence-corrected chi connectivity index (χ4v) is 1.68. The van der Waals surface area contributed by atoms with Gasteiger partial charge >= 0.3 is 0 Å². The van der Waals surface area contributed by atoms with Crippen molar-refractivity contribution in [1.82, 2.24) is 10.2 Å². The SMILES string of the molecule is NCc1cc(=O)[nH]nc1-c1cc(Cl)ccc1F. The highest BCUT2D eigenvalue weighted by molar-refractivity contribution is 6.30. The molecule has 0 aliphatic rings. The predicted octanol–water partition coefficient (Wildman–Crippen LogP) is 1.69. The third-order valence-corrected chi connectivity index (χ3v) is 2.53. The predicted molar refractivity (Wildman–Crippen MR) is 63.2 cm³/mol. The van der Waals surface area contributed by atoms with Crippen LogP contribution in [-0.2, 0) is 6.54 Å². The van der Waals surface area contributed by atoms with Gasteiger partial charge in [-0.05, 0) is 23.8 Å². The van der Waals surface area contributed by atoms with E-state index in [1.165, 1.54) is 24.3 Å². The van der Waals surface area contributed by atoms with Crippen molar-refractivity contribution in [2.24, 2.45) is 5.73 Å². The lowest BCUT2D eigenvalue weighted by Gasteiger charge is -2.07. The van der Waals surface area contributed by atoms with Gasteiger partial charge in [-0.3, -0.25) is 4.79 Å². The summed E-state index contributed by atoms with van der Waals surface area (Å²) in [6.45, 7) is 0.0954. The summed E-state index contributed by atoms with van der Waals surface area (Å²) in [6.07, 6.45) is 0. The maximum Gasteiger partial charge on any atom is 0.264 e. The molecule has 0 unspecified atom stereocenters. The van der Waals surface area contributed by atoms with Gasteiger partial charge in [-0.2, -0.15) is 5.10 Å². The molecular weight excluding hydrogens is 245 g/mol. The Morgan fingerprint density at radius 2 is 2.18 bits per heavy atom. The highest BCUT2D eigenvalue weighted by atomic mass is 35.5. The molecule has 1 aromatic heterocycles. The molecule has 88 valence electrons. The molecule has 1 heterocycles. The second-order valence-corrected chi connectivity index (χ2v) is 3.87. The molecule has 3 N–H and O–H groups in total. The van der Waals surface area contributed by atoms with Crippen LogP contribution in [0.3, 0.4) is 0 Å². The zero-order valence-corrected chi connectivity index (χ0v) is 9.46. The van der Waals surface area contributed by atoms with Crippen LogP contribution in [0.5, 0.6) is 0 Å². The van der Waals surface area contributed by atoms with Crippen molar-refractivity contribution in [3.8, 4) is 11.3 Å². The highest BCUT2D eigenvalue weighted by Gasteiger charge is 2.12. The second-order valence-electron chi connectivity index (χ2n) is 3.43. The van der Waals surface area contributed by atoms with E-state index in [0.717, 1.165) is 0 Å². The van der Waals surface area contributed by atoms with Crippen molar-refractivity contribution in [3.05, 3.63) is 51.0 Å². The third-order valence-electron chi connectivity index (χ3n) is 2.29. The van der Waals surface area contributed by atoms with E-state index in [0.29, 0.717) is 16.3 Å². The average Bonchev–Trinajstić information content (AvgIpc) is 2.32. The number of hydrogen-bond acceptors (Lipinski definition) is 3. The fraction of sp³-hybridized carbons (Fsp3) is 0.0909. The van der Waals surface area contributed by atoms with Gasteiger partial charge in [0.2, 0.25) is 0 Å². The molecule has 17 heavy (non-hydrogen) atoms. The second kappa shape index (κ2) is 4.65. The standard InChI is InChI=1S/C11H9ClFN3O/c12-7-1-2-9(13)8(4-7)11-6(5-14)3-10(17)15-16-11/h1-4H,5,14H2,(H,15,17). The van der Waals surface area contributed by atoms with Crippen LogP contribution in [0.4, 0.5) is 4.39 Å². The number of benzene rings is 1. The van der Waals surface area contributed by atoms with Crippen LogP contribution in [0.25, 0.3) is 11.3 Å². The number of nitrogens with zero attached hydrogens (tertiary/aromatic N) is 1. The lowest BCUT2D eigenvalue weighted by molar-refractivity contribution is 0.630. The molecule has 2 aromatic rings. The van der Waals surface area contributed by atoms with Crippen molar-refractivity contribution in [2.75, 3.05) is 0 Å². The summed E-state index contributed by atoms with van der Waals surface area (Å²) in [7, 11) is 0. The van der Waals surface area contributed by atoms with E-state index in [2.05, 4.69) is 10.2 Å². The van der Waals surface area contributed by atoms with E-state index in [1.54, 1.807) is 0 Å². The lowest BCUT2D eigenvalue weighted by atomic mass is 10.1. The Morgan fingerprint density at radius 1 is 1.41 bits per heavy atom. The molecule has 0 saturated heterocycles. The van der Waals surface area contributed by atoms with Crippen molar-refractivity contribution < 1.29 is 4.39 Å². The van der Waals surface area contributed by atoms with Gasteiger partial charge in [-0.25, -0.2) is 9.49 Å². The molecule has 0 bridgehead atoms. The molecule has 1 aromatic carbocycles. The van der Waals surface area contributed by atoms with E-state index in [1.807, 2.05) is 0 Å². The quantitative estimate of drug-likeness (QED) is 0.856. The molecular formula is C11H9ClFN3O. The molecule has 0 radical (unpaired) electrons. The average molecular weight is 254 g/mol. The largest absolute Gasteiger partial charge is 0.326 e. The molecule has 0 fully saturated rings. The van der Waals surface area contributed by atoms with Crippen LogP contribution in [0.1, 0.15) is 5.56 Å². The van der Waals surface area contributed by atoms with Crippen LogP contribution >= 0.6 is 11.6 Å². The summed E-state index contributed by atoms with van der Waals surface area (Å²) >= 11 is 5.80. The summed E-state index contributed by atoms with van der Waals surface area (Å²) in [5.41, 5.74) is 6.10. The summed E-state index contributed by atoms with van der Waals surface area (Å²) in [5, 5.41) is 6.44. The first kappa shape index (κ1) is 11.8. The maximum atomic E-state index is 13.6. The first-order chi connectivity index (χ1) is 8.11. The smallest absolute Gasteiger partial charge is 0.264 e. The molecule has 0 atom stereocenters. The zero-order chi connectivity index (χ0) is 12.4. The Kier molecular flexibility index (Phi) is 3.21. The van der Waals surface area contributed by atoms with E-state index in [9.17, 15) is 9.18 Å². The number of rotatable bonds is 2. The van der Waals surface area contributed by atoms with E-state index < -0.39 is 5.82 Å². The topological polar surface area (TPSA) is 71.8 Å². The Bertz CT molecular complexity index is 612. The van der Waals surface area contributed by atoms with E-state index in [-0.39, 0.29) is 17.7 Å². The molecule has 0 amide bonds. The summed E-state index contributed by atoms with van der Waals surface area (Å²) in [5.74, 6) is -0.469. The van der Waals surface area contributed by atoms with Crippen LogP contribution in [0.15, 0.2) is 29.1 Å². The molecule has 6 heteroatoms. The number of halogens is 2. The Hall–Kier alpha value is -1.72. The monoisotopic (exact) mass is 253 g/mol. The summed E-state index contributed by atoms with van der Waals surface area (Å²) < 4.78 is 13.6. The van der Waals surface area contributed by atoms with Gasteiger partial charge in [0.15, 0.2) is 0 Å². The molecule has 0 saturated carbocycles. The van der Waals surface area contributed by atoms with E-state index >= 15 is 0 Å². The minimum Gasteiger partial charge on any atom is -0.326 e.